The van der Waals surface area contributed by atoms with Crippen molar-refractivity contribution in [3.05, 3.63) is 0 Å². The number of aliphatic hydroxyl groups excluding tert-OH is 2. The first-order valence-electron chi connectivity index (χ1n) is 22.7. The molecular weight excluding hydrogens is 636 g/mol. The van der Waals surface area contributed by atoms with E-state index in [0.29, 0.717) is 12.8 Å². The highest BCUT2D eigenvalue weighted by molar-refractivity contribution is 5.72. The van der Waals surface area contributed by atoms with E-state index < -0.39 is 24.1 Å². The molecule has 306 valence electrons. The number of hydrogen-bond donors (Lipinski definition) is 4. The molecule has 51 heavy (non-hydrogen) atoms. The second-order valence-electron chi connectivity index (χ2n) is 15.7. The van der Waals surface area contributed by atoms with Crippen LogP contribution in [0.3, 0.4) is 0 Å². The van der Waals surface area contributed by atoms with E-state index in [1.165, 1.54) is 212 Å². The van der Waals surface area contributed by atoms with E-state index in [1.807, 2.05) is 0 Å². The SMILES string of the molecule is CCCCCCCCCCCCCCCCCCCCC(O)C(=O)O.CCCCCCCCCCCCCCCCCCCCCC(O)C(=O)O. The van der Waals surface area contributed by atoms with Crippen LogP contribution in [0.1, 0.15) is 264 Å². The third-order valence-electron chi connectivity index (χ3n) is 10.5. The lowest BCUT2D eigenvalue weighted by atomic mass is 10.0. The third-order valence-corrected chi connectivity index (χ3v) is 10.5. The molecule has 0 aromatic rings. The molecule has 0 radical (unpaired) electrons. The molecule has 0 rings (SSSR count). The Kier molecular flexibility index (Phi) is 45.9. The van der Waals surface area contributed by atoms with Crippen LogP contribution in [0, 0.1) is 0 Å². The summed E-state index contributed by atoms with van der Waals surface area (Å²) in [6.07, 6.45) is 47.7. The van der Waals surface area contributed by atoms with Crippen molar-refractivity contribution in [2.75, 3.05) is 0 Å². The highest BCUT2D eigenvalue weighted by atomic mass is 16.4. The van der Waals surface area contributed by atoms with Crippen molar-refractivity contribution in [1.82, 2.24) is 0 Å². The van der Waals surface area contributed by atoms with E-state index in [0.717, 1.165) is 25.7 Å². The van der Waals surface area contributed by atoms with Gasteiger partial charge in [-0.2, -0.15) is 0 Å². The predicted octanol–water partition coefficient (Wildman–Crippen LogP) is 14.1. The summed E-state index contributed by atoms with van der Waals surface area (Å²) >= 11 is 0. The van der Waals surface area contributed by atoms with Crippen molar-refractivity contribution in [1.29, 1.82) is 0 Å². The molecule has 0 aliphatic rings. The minimum atomic E-state index is -1.17. The molecule has 0 spiro atoms. The summed E-state index contributed by atoms with van der Waals surface area (Å²) in [6.45, 7) is 4.55. The Balaban J connectivity index is 0. The topological polar surface area (TPSA) is 115 Å². The Hall–Kier alpha value is -1.14. The highest BCUT2D eigenvalue weighted by Gasteiger charge is 2.12. The first-order valence-corrected chi connectivity index (χ1v) is 22.7. The number of carboxylic acids is 2. The predicted molar refractivity (Wildman–Crippen MR) is 219 cm³/mol. The zero-order valence-electron chi connectivity index (χ0n) is 34.3. The van der Waals surface area contributed by atoms with Gasteiger partial charge in [0.2, 0.25) is 0 Å². The normalized spacial score (nSPS) is 12.4. The molecule has 0 aromatic heterocycles. The molecule has 0 heterocycles. The van der Waals surface area contributed by atoms with Gasteiger partial charge in [0.05, 0.1) is 0 Å². The molecule has 0 amide bonds. The number of carboxylic acid groups (broad SMARTS) is 2. The summed E-state index contributed by atoms with van der Waals surface area (Å²) in [7, 11) is 0. The van der Waals surface area contributed by atoms with Crippen LogP contribution in [-0.4, -0.2) is 44.6 Å². The highest BCUT2D eigenvalue weighted by Crippen LogP contribution is 2.17. The maximum Gasteiger partial charge on any atom is 0.332 e. The van der Waals surface area contributed by atoms with Crippen LogP contribution >= 0.6 is 0 Å². The van der Waals surface area contributed by atoms with E-state index in [-0.39, 0.29) is 0 Å². The van der Waals surface area contributed by atoms with Crippen LogP contribution in [-0.2, 0) is 9.59 Å². The molecule has 0 saturated carbocycles. The number of aliphatic hydroxyl groups is 2. The van der Waals surface area contributed by atoms with Crippen molar-refractivity contribution in [3.8, 4) is 0 Å². The zero-order chi connectivity index (χ0) is 37.9. The van der Waals surface area contributed by atoms with Gasteiger partial charge in [0, 0.05) is 0 Å². The molecule has 2 unspecified atom stereocenters. The van der Waals surface area contributed by atoms with Crippen LogP contribution in [0.5, 0.6) is 0 Å². The fourth-order valence-electron chi connectivity index (χ4n) is 6.90. The lowest BCUT2D eigenvalue weighted by Crippen LogP contribution is -2.18. The largest absolute Gasteiger partial charge is 0.479 e. The Morgan fingerprint density at radius 3 is 0.569 bits per heavy atom. The second kappa shape index (κ2) is 45.0. The summed E-state index contributed by atoms with van der Waals surface area (Å²) in [5, 5.41) is 35.5. The first-order chi connectivity index (χ1) is 24.9. The van der Waals surface area contributed by atoms with E-state index >= 15 is 0 Å². The van der Waals surface area contributed by atoms with Crippen LogP contribution < -0.4 is 0 Å². The van der Waals surface area contributed by atoms with Crippen LogP contribution in [0.2, 0.25) is 0 Å². The molecule has 0 saturated heterocycles. The van der Waals surface area contributed by atoms with Crippen molar-refractivity contribution >= 4 is 11.9 Å². The van der Waals surface area contributed by atoms with Crippen LogP contribution in [0.15, 0.2) is 0 Å². The number of carbonyl (C=O) groups is 2. The fraction of sp³-hybridized carbons (Fsp3) is 0.956. The Morgan fingerprint density at radius 2 is 0.431 bits per heavy atom. The Morgan fingerprint density at radius 1 is 0.294 bits per heavy atom. The summed E-state index contributed by atoms with van der Waals surface area (Å²) in [5.74, 6) is -2.18. The maximum atomic E-state index is 10.5. The number of aliphatic carboxylic acids is 2. The van der Waals surface area contributed by atoms with Crippen molar-refractivity contribution < 1.29 is 30.0 Å². The molecular formula is C45H90O6. The molecule has 0 fully saturated rings. The van der Waals surface area contributed by atoms with Gasteiger partial charge in [-0.05, 0) is 12.8 Å². The van der Waals surface area contributed by atoms with Crippen LogP contribution in [0.25, 0.3) is 0 Å². The van der Waals surface area contributed by atoms with Gasteiger partial charge in [0.25, 0.3) is 0 Å². The molecule has 0 aromatic carbocycles. The average molecular weight is 727 g/mol. The van der Waals surface area contributed by atoms with Gasteiger partial charge < -0.3 is 20.4 Å². The molecule has 6 heteroatoms. The third kappa shape index (κ3) is 46.8. The summed E-state index contributed by atoms with van der Waals surface area (Å²) in [5.41, 5.74) is 0. The van der Waals surface area contributed by atoms with E-state index in [4.69, 9.17) is 15.3 Å². The summed E-state index contributed by atoms with van der Waals surface area (Å²) in [6, 6.07) is 0. The lowest BCUT2D eigenvalue weighted by molar-refractivity contribution is -0.147. The van der Waals surface area contributed by atoms with Crippen molar-refractivity contribution in [2.24, 2.45) is 0 Å². The quantitative estimate of drug-likeness (QED) is 0.0466. The van der Waals surface area contributed by atoms with Crippen molar-refractivity contribution in [2.45, 2.75) is 276 Å². The number of hydrogen-bond acceptors (Lipinski definition) is 4. The lowest BCUT2D eigenvalue weighted by Gasteiger charge is -2.05. The van der Waals surface area contributed by atoms with Gasteiger partial charge in [0.1, 0.15) is 0 Å². The molecule has 2 atom stereocenters. The monoisotopic (exact) mass is 727 g/mol. The summed E-state index contributed by atoms with van der Waals surface area (Å²) < 4.78 is 0. The van der Waals surface area contributed by atoms with E-state index in [1.54, 1.807) is 0 Å². The minimum Gasteiger partial charge on any atom is -0.479 e. The smallest absolute Gasteiger partial charge is 0.332 e. The second-order valence-corrected chi connectivity index (χ2v) is 15.7. The maximum absolute atomic E-state index is 10.5. The summed E-state index contributed by atoms with van der Waals surface area (Å²) in [4.78, 5) is 20.9. The van der Waals surface area contributed by atoms with Crippen molar-refractivity contribution in [3.63, 3.8) is 0 Å². The number of unbranched alkanes of at least 4 members (excludes halogenated alkanes) is 35. The van der Waals surface area contributed by atoms with Gasteiger partial charge >= 0.3 is 11.9 Å². The van der Waals surface area contributed by atoms with Gasteiger partial charge in [-0.3, -0.25) is 0 Å². The molecule has 0 bridgehead atoms. The Labute approximate surface area is 317 Å². The molecule has 0 aliphatic carbocycles. The average Bonchev–Trinajstić information content (AvgIpc) is 3.12. The van der Waals surface area contributed by atoms with E-state index in [2.05, 4.69) is 13.8 Å². The molecule has 0 aliphatic heterocycles. The van der Waals surface area contributed by atoms with Gasteiger partial charge in [-0.15, -0.1) is 0 Å². The number of rotatable bonds is 41. The minimum absolute atomic E-state index is 0.397. The fourth-order valence-corrected chi connectivity index (χ4v) is 6.90. The van der Waals surface area contributed by atoms with Gasteiger partial charge in [0.15, 0.2) is 12.2 Å². The molecule has 6 nitrogen and oxygen atoms in total. The van der Waals surface area contributed by atoms with Crippen LogP contribution in [0.4, 0.5) is 0 Å². The first kappa shape index (κ1) is 52.0. The van der Waals surface area contributed by atoms with E-state index in [9.17, 15) is 14.7 Å². The zero-order valence-corrected chi connectivity index (χ0v) is 34.3. The molecule has 4 N–H and O–H groups in total. The standard InChI is InChI=1S/C23H46O3.C22H44O3/c1-2-3-4-5-6-7-8-9-10-11-12-13-14-15-16-17-18-19-20-21-22(24)23(25)26;1-2-3-4-5-6-7-8-9-10-11-12-13-14-15-16-17-18-19-20-21(23)22(24)25/h22,24H,2-21H2,1H3,(H,25,26);21,23H,2-20H2,1H3,(H,24,25). The Bertz CT molecular complexity index is 684. The van der Waals surface area contributed by atoms with Gasteiger partial charge in [-0.25, -0.2) is 9.59 Å². The van der Waals surface area contributed by atoms with Gasteiger partial charge in [-0.1, -0.05) is 251 Å².